The molecule has 1 heterocycles. The highest BCUT2D eigenvalue weighted by Crippen LogP contribution is 2.48. The van der Waals surface area contributed by atoms with Crippen LogP contribution in [-0.2, 0) is 4.79 Å². The van der Waals surface area contributed by atoms with Gasteiger partial charge in [0, 0.05) is 25.3 Å². The van der Waals surface area contributed by atoms with Crippen LogP contribution in [0.3, 0.4) is 0 Å². The van der Waals surface area contributed by atoms with Gasteiger partial charge in [-0.05, 0) is 36.3 Å². The number of ether oxygens (including phenoxy) is 2. The Morgan fingerprint density at radius 1 is 1.00 bits per heavy atom. The third-order valence-corrected chi connectivity index (χ3v) is 4.50. The molecular weight excluding hydrogens is 435 g/mol. The molecule has 1 amide bonds. The smallest absolute Gasteiger partial charge is 0.421 e. The van der Waals surface area contributed by atoms with Gasteiger partial charge in [0.25, 0.3) is 5.91 Å². The van der Waals surface area contributed by atoms with Gasteiger partial charge in [-0.2, -0.15) is 22.0 Å². The largest absolute Gasteiger partial charge is 0.507 e. The van der Waals surface area contributed by atoms with Crippen LogP contribution >= 0.6 is 0 Å². The van der Waals surface area contributed by atoms with Crippen molar-refractivity contribution in [2.75, 3.05) is 19.4 Å². The molecule has 32 heavy (non-hydrogen) atoms. The summed E-state index contributed by atoms with van der Waals surface area (Å²) in [6.45, 7) is 5.10. The Balaban J connectivity index is 1.99. The van der Waals surface area contributed by atoms with E-state index in [9.17, 15) is 26.7 Å². The highest BCUT2D eigenvalue weighted by atomic mass is 19.3. The number of amides is 1. The summed E-state index contributed by atoms with van der Waals surface area (Å²) in [4.78, 5) is 13.9. The molecule has 10 heteroatoms. The SMILES string of the molecule is C=C(C)/C(C(=O)Nc1ccccc1-c1ccc2c(c1)OC(F)(F)C(F)(F)O2)=C(/F)N(C)C. The van der Waals surface area contributed by atoms with Crippen LogP contribution < -0.4 is 14.8 Å². The van der Waals surface area contributed by atoms with Crippen molar-refractivity contribution in [2.45, 2.75) is 19.1 Å². The van der Waals surface area contributed by atoms with Gasteiger partial charge in [0.05, 0.1) is 5.57 Å². The number of hydrogen-bond donors (Lipinski definition) is 1. The van der Waals surface area contributed by atoms with Crippen LogP contribution in [0.5, 0.6) is 11.5 Å². The van der Waals surface area contributed by atoms with E-state index in [0.717, 1.165) is 17.0 Å². The Morgan fingerprint density at radius 2 is 1.59 bits per heavy atom. The lowest BCUT2D eigenvalue weighted by molar-refractivity contribution is -0.391. The highest BCUT2D eigenvalue weighted by molar-refractivity contribution is 6.08. The molecule has 0 aromatic heterocycles. The Hall–Kier alpha value is -3.56. The van der Waals surface area contributed by atoms with Crippen LogP contribution in [0.4, 0.5) is 27.6 Å². The van der Waals surface area contributed by atoms with Crippen molar-refractivity contribution in [3.8, 4) is 22.6 Å². The molecule has 0 atom stereocenters. The van der Waals surface area contributed by atoms with Gasteiger partial charge in [-0.15, -0.1) is 0 Å². The van der Waals surface area contributed by atoms with E-state index in [1.54, 1.807) is 18.2 Å². The zero-order valence-electron chi connectivity index (χ0n) is 17.3. The molecule has 0 unspecified atom stereocenters. The number of hydrogen-bond acceptors (Lipinski definition) is 4. The second kappa shape index (κ2) is 8.18. The van der Waals surface area contributed by atoms with Crippen molar-refractivity contribution in [1.29, 1.82) is 0 Å². The number of nitrogens with one attached hydrogen (secondary N) is 1. The van der Waals surface area contributed by atoms with E-state index in [1.807, 2.05) is 0 Å². The number of nitrogens with zero attached hydrogens (tertiary/aromatic N) is 1. The van der Waals surface area contributed by atoms with Crippen molar-refractivity contribution in [2.24, 2.45) is 0 Å². The average Bonchev–Trinajstić information content (AvgIpc) is 2.68. The highest BCUT2D eigenvalue weighted by Gasteiger charge is 2.65. The summed E-state index contributed by atoms with van der Waals surface area (Å²) in [7, 11) is 2.85. The van der Waals surface area contributed by atoms with Crippen LogP contribution in [0.2, 0.25) is 0 Å². The van der Waals surface area contributed by atoms with Crippen LogP contribution in [-0.4, -0.2) is 37.1 Å². The minimum Gasteiger partial charge on any atom is -0.421 e. The van der Waals surface area contributed by atoms with Crippen molar-refractivity contribution in [3.63, 3.8) is 0 Å². The Kier molecular flexibility index (Phi) is 5.90. The lowest BCUT2D eigenvalue weighted by Crippen LogP contribution is -2.52. The van der Waals surface area contributed by atoms with Gasteiger partial charge in [-0.25, -0.2) is 0 Å². The predicted molar refractivity (Wildman–Crippen MR) is 108 cm³/mol. The van der Waals surface area contributed by atoms with Gasteiger partial charge >= 0.3 is 12.2 Å². The molecule has 0 aliphatic carbocycles. The molecule has 1 aliphatic heterocycles. The summed E-state index contributed by atoms with van der Waals surface area (Å²) in [6.07, 6.45) is -9.69. The van der Waals surface area contributed by atoms with Crippen molar-refractivity contribution in [1.82, 2.24) is 4.90 Å². The molecule has 5 nitrogen and oxygen atoms in total. The first-order valence-electron chi connectivity index (χ1n) is 9.25. The number of carbonyl (C=O) groups excluding carboxylic acids is 1. The number of benzene rings is 2. The number of alkyl halides is 4. The molecular formula is C22H19F5N2O3. The van der Waals surface area contributed by atoms with Crippen LogP contribution in [0.25, 0.3) is 11.1 Å². The molecule has 170 valence electrons. The molecule has 1 aliphatic rings. The number of para-hydroxylation sites is 1. The van der Waals surface area contributed by atoms with E-state index in [2.05, 4.69) is 21.4 Å². The first kappa shape index (κ1) is 23.1. The van der Waals surface area contributed by atoms with Gasteiger partial charge in [0.15, 0.2) is 11.5 Å². The number of carbonyl (C=O) groups is 1. The van der Waals surface area contributed by atoms with Gasteiger partial charge in [0.2, 0.25) is 5.95 Å². The first-order chi connectivity index (χ1) is 14.8. The molecule has 0 bridgehead atoms. The van der Waals surface area contributed by atoms with Crippen molar-refractivity contribution < 1.29 is 36.2 Å². The predicted octanol–water partition coefficient (Wildman–Crippen LogP) is 5.57. The normalized spacial score (nSPS) is 16.6. The fraction of sp³-hybridized carbons (Fsp3) is 0.227. The van der Waals surface area contributed by atoms with E-state index in [-0.39, 0.29) is 22.4 Å². The Bertz CT molecular complexity index is 1110. The van der Waals surface area contributed by atoms with Crippen LogP contribution in [0, 0.1) is 0 Å². The number of rotatable bonds is 5. The zero-order valence-corrected chi connectivity index (χ0v) is 17.3. The lowest BCUT2D eigenvalue weighted by atomic mass is 10.0. The minimum absolute atomic E-state index is 0.189. The lowest BCUT2D eigenvalue weighted by Gasteiger charge is -2.32. The van der Waals surface area contributed by atoms with Gasteiger partial charge in [-0.3, -0.25) is 4.79 Å². The second-order valence-electron chi connectivity index (χ2n) is 7.24. The van der Waals surface area contributed by atoms with Crippen molar-refractivity contribution >= 4 is 11.6 Å². The van der Waals surface area contributed by atoms with E-state index in [4.69, 9.17) is 0 Å². The summed E-state index contributed by atoms with van der Waals surface area (Å²) in [5, 5.41) is 2.57. The first-order valence-corrected chi connectivity index (χ1v) is 9.25. The van der Waals surface area contributed by atoms with Crippen LogP contribution in [0.1, 0.15) is 6.92 Å². The fourth-order valence-electron chi connectivity index (χ4n) is 2.95. The van der Waals surface area contributed by atoms with E-state index < -0.39 is 35.6 Å². The third kappa shape index (κ3) is 4.25. The average molecular weight is 454 g/mol. The fourth-order valence-corrected chi connectivity index (χ4v) is 2.95. The summed E-state index contributed by atoms with van der Waals surface area (Å²) >= 11 is 0. The van der Waals surface area contributed by atoms with Gasteiger partial charge in [0.1, 0.15) is 0 Å². The number of fused-ring (bicyclic) bond motifs is 1. The molecule has 3 rings (SSSR count). The summed E-state index contributed by atoms with van der Waals surface area (Å²) in [5.41, 5.74) is 0.747. The molecule has 2 aromatic rings. The number of anilines is 1. The Morgan fingerprint density at radius 3 is 2.19 bits per heavy atom. The van der Waals surface area contributed by atoms with E-state index >= 15 is 0 Å². The molecule has 0 saturated heterocycles. The Labute approximate surface area is 180 Å². The molecule has 2 aromatic carbocycles. The van der Waals surface area contributed by atoms with E-state index in [1.165, 1.54) is 33.2 Å². The summed E-state index contributed by atoms with van der Waals surface area (Å²) in [6, 6.07) is 9.74. The molecule has 0 radical (unpaired) electrons. The standard InChI is InChI=1S/C22H19F5N2O3/c1-12(2)18(19(23)29(3)4)20(30)28-15-8-6-5-7-14(15)13-9-10-16-17(11-13)32-22(26,27)21(24,25)31-16/h5-11H,1H2,2-4H3,(H,28,30)/b19-18+. The van der Waals surface area contributed by atoms with Gasteiger partial charge in [-0.1, -0.05) is 30.8 Å². The summed E-state index contributed by atoms with van der Waals surface area (Å²) in [5.74, 6) is -2.73. The monoisotopic (exact) mass is 454 g/mol. The van der Waals surface area contributed by atoms with Crippen LogP contribution in [0.15, 0.2) is 66.1 Å². The van der Waals surface area contributed by atoms with E-state index in [0.29, 0.717) is 5.56 Å². The van der Waals surface area contributed by atoms with Crippen molar-refractivity contribution in [3.05, 3.63) is 66.1 Å². The number of halogens is 5. The maximum atomic E-state index is 14.5. The topological polar surface area (TPSA) is 50.8 Å². The van der Waals surface area contributed by atoms with Gasteiger partial charge < -0.3 is 19.7 Å². The molecule has 0 saturated carbocycles. The zero-order chi connectivity index (χ0) is 23.8. The molecule has 0 spiro atoms. The molecule has 0 fully saturated rings. The maximum absolute atomic E-state index is 14.5. The molecule has 1 N–H and O–H groups in total. The summed E-state index contributed by atoms with van der Waals surface area (Å²) < 4.78 is 76.5. The minimum atomic E-state index is -4.86. The second-order valence-corrected chi connectivity index (χ2v) is 7.24. The quantitative estimate of drug-likeness (QED) is 0.278. The maximum Gasteiger partial charge on any atom is 0.507 e. The third-order valence-electron chi connectivity index (χ3n) is 4.50.